The van der Waals surface area contributed by atoms with Crippen molar-refractivity contribution in [1.29, 1.82) is 0 Å². The summed E-state index contributed by atoms with van der Waals surface area (Å²) in [6.45, 7) is 4.12. The van der Waals surface area contributed by atoms with Gasteiger partial charge in [-0.05, 0) is 29.8 Å². The molecule has 3 aromatic heterocycles. The van der Waals surface area contributed by atoms with E-state index < -0.39 is 0 Å². The molecule has 0 radical (unpaired) electrons. The molecule has 21 heavy (non-hydrogen) atoms. The summed E-state index contributed by atoms with van der Waals surface area (Å²) in [6, 6.07) is 0. The van der Waals surface area contributed by atoms with Crippen LogP contribution in [-0.4, -0.2) is 30.2 Å². The molecule has 0 aliphatic carbocycles. The van der Waals surface area contributed by atoms with Crippen LogP contribution in [0.2, 0.25) is 0 Å². The van der Waals surface area contributed by atoms with E-state index in [1.807, 2.05) is 0 Å². The Morgan fingerprint density at radius 3 is 2.81 bits per heavy atom. The number of aromatic nitrogens is 6. The first-order chi connectivity index (χ1) is 10.1. The van der Waals surface area contributed by atoms with Crippen LogP contribution >= 0.6 is 23.1 Å². The Labute approximate surface area is 129 Å². The molecule has 0 aliphatic rings. The number of nitrogens with one attached hydrogen (secondary N) is 1. The van der Waals surface area contributed by atoms with Crippen LogP contribution in [0.3, 0.4) is 0 Å². The molecule has 8 nitrogen and oxygen atoms in total. The van der Waals surface area contributed by atoms with Crippen LogP contribution in [0.5, 0.6) is 0 Å². The lowest BCUT2D eigenvalue weighted by Crippen LogP contribution is -2.11. The number of hydrazine groups is 1. The molecule has 0 aliphatic heterocycles. The maximum Gasteiger partial charge on any atom is 0.209 e. The van der Waals surface area contributed by atoms with Crippen molar-refractivity contribution >= 4 is 39.1 Å². The van der Waals surface area contributed by atoms with Crippen LogP contribution in [0.1, 0.15) is 16.3 Å². The normalized spacial score (nSPS) is 11.2. The van der Waals surface area contributed by atoms with Gasteiger partial charge in [0.25, 0.3) is 0 Å². The van der Waals surface area contributed by atoms with Crippen molar-refractivity contribution in [3.63, 3.8) is 0 Å². The van der Waals surface area contributed by atoms with Gasteiger partial charge >= 0.3 is 0 Å². The number of nitrogen functional groups attached to an aromatic ring is 1. The van der Waals surface area contributed by atoms with Crippen molar-refractivity contribution in [2.75, 3.05) is 5.43 Å². The second-order valence-electron chi connectivity index (χ2n) is 4.47. The van der Waals surface area contributed by atoms with Crippen LogP contribution in [0.25, 0.3) is 10.2 Å². The van der Waals surface area contributed by atoms with Crippen LogP contribution in [0.4, 0.5) is 5.82 Å². The predicted octanol–water partition coefficient (Wildman–Crippen LogP) is 1.41. The number of tetrazole rings is 1. The highest BCUT2D eigenvalue weighted by atomic mass is 32.2. The number of nitrogens with zero attached hydrogens (tertiary/aromatic N) is 6. The largest absolute Gasteiger partial charge is 0.308 e. The van der Waals surface area contributed by atoms with Crippen LogP contribution in [0, 0.1) is 13.8 Å². The van der Waals surface area contributed by atoms with E-state index in [9.17, 15) is 0 Å². The Balaban J connectivity index is 1.94. The molecule has 0 spiro atoms. The molecule has 0 aromatic carbocycles. The first-order valence-electron chi connectivity index (χ1n) is 6.18. The number of rotatable bonds is 4. The third kappa shape index (κ3) is 2.57. The molecule has 10 heteroatoms. The number of hydrogen-bond donors (Lipinski definition) is 2. The van der Waals surface area contributed by atoms with Gasteiger partial charge in [-0.25, -0.2) is 20.5 Å². The molecule has 3 heterocycles. The fraction of sp³-hybridized carbons (Fsp3) is 0.364. The maximum atomic E-state index is 5.60. The Morgan fingerprint density at radius 2 is 2.14 bits per heavy atom. The number of aryl methyl sites for hydroxylation is 3. The lowest BCUT2D eigenvalue weighted by atomic mass is 10.2. The highest BCUT2D eigenvalue weighted by Crippen LogP contribution is 2.33. The highest BCUT2D eigenvalue weighted by Gasteiger charge is 2.14. The second-order valence-corrected chi connectivity index (χ2v) is 6.62. The molecule has 3 aromatic rings. The van der Waals surface area contributed by atoms with E-state index in [-0.39, 0.29) is 0 Å². The standard InChI is InChI=1S/C11H14N8S2/c1-5-6(2)21-10-8(5)9(15-12)13-7(14-10)4-20-11-16-17-18-19(11)3/h4,12H2,1-3H3,(H,13,14,15). The van der Waals surface area contributed by atoms with Crippen molar-refractivity contribution in [3.8, 4) is 0 Å². The topological polar surface area (TPSA) is 107 Å². The minimum absolute atomic E-state index is 0.578. The molecular weight excluding hydrogens is 308 g/mol. The summed E-state index contributed by atoms with van der Waals surface area (Å²) >= 11 is 3.13. The molecule has 0 unspecified atom stereocenters. The van der Waals surface area contributed by atoms with Gasteiger partial charge in [0.15, 0.2) is 5.82 Å². The summed E-state index contributed by atoms with van der Waals surface area (Å²) in [5.74, 6) is 7.54. The highest BCUT2D eigenvalue weighted by molar-refractivity contribution is 7.98. The number of anilines is 1. The number of fused-ring (bicyclic) bond motifs is 1. The average molecular weight is 322 g/mol. The van der Waals surface area contributed by atoms with E-state index >= 15 is 0 Å². The minimum Gasteiger partial charge on any atom is -0.308 e. The molecule has 0 bridgehead atoms. The van der Waals surface area contributed by atoms with E-state index in [1.165, 1.54) is 22.2 Å². The third-order valence-corrected chi connectivity index (χ3v) is 5.23. The second kappa shape index (κ2) is 5.54. The van der Waals surface area contributed by atoms with Crippen molar-refractivity contribution in [2.24, 2.45) is 12.9 Å². The summed E-state index contributed by atoms with van der Waals surface area (Å²) in [7, 11) is 1.80. The Morgan fingerprint density at radius 1 is 1.33 bits per heavy atom. The summed E-state index contributed by atoms with van der Waals surface area (Å²) in [6.07, 6.45) is 0. The minimum atomic E-state index is 0.578. The van der Waals surface area contributed by atoms with Gasteiger partial charge in [0.1, 0.15) is 10.7 Å². The lowest BCUT2D eigenvalue weighted by molar-refractivity contribution is 0.664. The van der Waals surface area contributed by atoms with Gasteiger partial charge in [-0.1, -0.05) is 11.8 Å². The monoisotopic (exact) mass is 322 g/mol. The van der Waals surface area contributed by atoms with Crippen molar-refractivity contribution < 1.29 is 0 Å². The maximum absolute atomic E-state index is 5.60. The van der Waals surface area contributed by atoms with Gasteiger partial charge < -0.3 is 5.43 Å². The fourth-order valence-corrected chi connectivity index (χ4v) is 3.69. The Bertz CT molecular complexity index is 793. The summed E-state index contributed by atoms with van der Waals surface area (Å²) < 4.78 is 1.62. The molecule has 0 atom stereocenters. The first kappa shape index (κ1) is 14.2. The van der Waals surface area contributed by atoms with E-state index in [4.69, 9.17) is 5.84 Å². The fourth-order valence-electron chi connectivity index (χ4n) is 1.94. The zero-order chi connectivity index (χ0) is 15.0. The third-order valence-electron chi connectivity index (χ3n) is 3.12. The van der Waals surface area contributed by atoms with Crippen molar-refractivity contribution in [2.45, 2.75) is 24.8 Å². The van der Waals surface area contributed by atoms with Gasteiger partial charge in [0.2, 0.25) is 5.16 Å². The summed E-state index contributed by atoms with van der Waals surface area (Å²) in [4.78, 5) is 11.3. The van der Waals surface area contributed by atoms with E-state index in [1.54, 1.807) is 23.1 Å². The van der Waals surface area contributed by atoms with Gasteiger partial charge in [0.05, 0.1) is 11.1 Å². The molecule has 0 amide bonds. The summed E-state index contributed by atoms with van der Waals surface area (Å²) in [5.41, 5.74) is 3.84. The molecule has 3 N–H and O–H groups in total. The van der Waals surface area contributed by atoms with Gasteiger partial charge in [-0.15, -0.1) is 16.4 Å². The Hall–Kier alpha value is -1.78. The Kier molecular flexibility index (Phi) is 3.74. The number of hydrogen-bond acceptors (Lipinski definition) is 9. The van der Waals surface area contributed by atoms with E-state index in [2.05, 4.69) is 44.8 Å². The quantitative estimate of drug-likeness (QED) is 0.422. The first-order valence-corrected chi connectivity index (χ1v) is 7.98. The summed E-state index contributed by atoms with van der Waals surface area (Å²) in [5, 5.41) is 13.0. The molecular formula is C11H14N8S2. The molecule has 0 saturated heterocycles. The SMILES string of the molecule is Cc1sc2nc(CSc3nnnn3C)nc(NN)c2c1C. The zero-order valence-corrected chi connectivity index (χ0v) is 13.4. The van der Waals surface area contributed by atoms with E-state index in [0.29, 0.717) is 17.4 Å². The lowest BCUT2D eigenvalue weighted by Gasteiger charge is -2.05. The molecule has 3 rings (SSSR count). The van der Waals surface area contributed by atoms with Gasteiger partial charge in [-0.2, -0.15) is 0 Å². The number of nitrogens with two attached hydrogens (primary N) is 1. The average Bonchev–Trinajstić information content (AvgIpc) is 3.00. The van der Waals surface area contributed by atoms with Gasteiger partial charge in [-0.3, -0.25) is 0 Å². The molecule has 110 valence electrons. The van der Waals surface area contributed by atoms with Crippen LogP contribution in [-0.2, 0) is 12.8 Å². The van der Waals surface area contributed by atoms with Crippen LogP contribution in [0.15, 0.2) is 5.16 Å². The smallest absolute Gasteiger partial charge is 0.209 e. The molecule has 0 saturated carbocycles. The zero-order valence-electron chi connectivity index (χ0n) is 11.8. The number of thioether (sulfide) groups is 1. The predicted molar refractivity (Wildman–Crippen MR) is 83.1 cm³/mol. The number of thiophene rings is 1. The molecule has 0 fully saturated rings. The van der Waals surface area contributed by atoms with Gasteiger partial charge in [0, 0.05) is 11.9 Å². The van der Waals surface area contributed by atoms with Crippen molar-refractivity contribution in [1.82, 2.24) is 30.2 Å². The van der Waals surface area contributed by atoms with E-state index in [0.717, 1.165) is 15.4 Å². The van der Waals surface area contributed by atoms with Crippen LogP contribution < -0.4 is 11.3 Å². The van der Waals surface area contributed by atoms with Crippen molar-refractivity contribution in [3.05, 3.63) is 16.3 Å².